The fourth-order valence-corrected chi connectivity index (χ4v) is 3.55. The van der Waals surface area contributed by atoms with E-state index in [1.807, 2.05) is 0 Å². The van der Waals surface area contributed by atoms with E-state index in [9.17, 15) is 18.0 Å². The second kappa shape index (κ2) is 4.66. The highest BCUT2D eigenvalue weighted by Crippen LogP contribution is 2.43. The van der Waals surface area contributed by atoms with E-state index in [2.05, 4.69) is 15.5 Å². The van der Waals surface area contributed by atoms with Crippen LogP contribution in [0.25, 0.3) is 0 Å². The van der Waals surface area contributed by atoms with E-state index in [1.165, 1.54) is 4.90 Å². The molecule has 2 fully saturated rings. The van der Waals surface area contributed by atoms with Gasteiger partial charge in [0, 0.05) is 6.54 Å². The fraction of sp³-hybridized carbons (Fsp3) is 0.727. The number of carbonyl (C=O) groups excluding carboxylic acids is 1. The number of nitrogens with one attached hydrogen (secondary N) is 1. The molecular weight excluding hydrogens is 293 g/mol. The maximum absolute atomic E-state index is 12.5. The van der Waals surface area contributed by atoms with Crippen molar-refractivity contribution in [2.24, 2.45) is 5.41 Å². The second-order valence-electron chi connectivity index (χ2n) is 5.12. The number of hydrogen-bond acceptors (Lipinski definition) is 5. The molecule has 5 nitrogen and oxygen atoms in total. The van der Waals surface area contributed by atoms with Crippen molar-refractivity contribution in [3.8, 4) is 0 Å². The zero-order valence-corrected chi connectivity index (χ0v) is 11.4. The van der Waals surface area contributed by atoms with Gasteiger partial charge >= 0.3 is 6.18 Å². The number of halogens is 3. The second-order valence-corrected chi connectivity index (χ2v) is 6.08. The van der Waals surface area contributed by atoms with E-state index in [0.29, 0.717) is 24.3 Å². The lowest BCUT2D eigenvalue weighted by molar-refractivity contribution is -0.138. The minimum Gasteiger partial charge on any atom is -0.317 e. The molecule has 3 heterocycles. The molecule has 3 rings (SSSR count). The Morgan fingerprint density at radius 2 is 1.90 bits per heavy atom. The van der Waals surface area contributed by atoms with Gasteiger partial charge in [-0.05, 0) is 32.4 Å². The lowest BCUT2D eigenvalue weighted by Gasteiger charge is -2.31. The molecule has 0 atom stereocenters. The van der Waals surface area contributed by atoms with Crippen LogP contribution >= 0.6 is 11.3 Å². The van der Waals surface area contributed by atoms with Gasteiger partial charge in [-0.25, -0.2) is 0 Å². The summed E-state index contributed by atoms with van der Waals surface area (Å²) in [5.41, 5.74) is -0.421. The third-order valence-electron chi connectivity index (χ3n) is 3.96. The monoisotopic (exact) mass is 306 g/mol. The normalized spacial score (nSPS) is 22.8. The summed E-state index contributed by atoms with van der Waals surface area (Å²) in [6, 6.07) is 0. The van der Waals surface area contributed by atoms with Gasteiger partial charge in [0.25, 0.3) is 0 Å². The Labute approximate surface area is 117 Å². The molecule has 1 spiro atoms. The van der Waals surface area contributed by atoms with Crippen LogP contribution in [0, 0.1) is 5.41 Å². The molecule has 110 valence electrons. The van der Waals surface area contributed by atoms with E-state index in [-0.39, 0.29) is 11.0 Å². The predicted molar refractivity (Wildman–Crippen MR) is 66.4 cm³/mol. The van der Waals surface area contributed by atoms with Crippen molar-refractivity contribution in [2.45, 2.75) is 25.4 Å². The van der Waals surface area contributed by atoms with Crippen LogP contribution in [0.15, 0.2) is 0 Å². The fourth-order valence-electron chi connectivity index (χ4n) is 2.81. The van der Waals surface area contributed by atoms with Crippen molar-refractivity contribution in [1.82, 2.24) is 15.5 Å². The molecule has 2 aliphatic rings. The SMILES string of the molecule is O=C1N(c2nnc(C(F)(F)F)s2)CCC12CCNCC2. The number of carbonyl (C=O) groups is 1. The van der Waals surface area contributed by atoms with Crippen LogP contribution in [0.3, 0.4) is 0 Å². The Bertz CT molecular complexity index is 524. The highest BCUT2D eigenvalue weighted by Gasteiger charge is 2.48. The molecule has 1 aromatic rings. The number of alkyl halides is 3. The molecule has 1 amide bonds. The van der Waals surface area contributed by atoms with Crippen LogP contribution in [0.2, 0.25) is 0 Å². The van der Waals surface area contributed by atoms with Crippen LogP contribution < -0.4 is 10.2 Å². The Morgan fingerprint density at radius 3 is 2.50 bits per heavy atom. The summed E-state index contributed by atoms with van der Waals surface area (Å²) >= 11 is 0.430. The smallest absolute Gasteiger partial charge is 0.317 e. The van der Waals surface area contributed by atoms with Gasteiger partial charge in [-0.1, -0.05) is 11.3 Å². The van der Waals surface area contributed by atoms with Gasteiger partial charge in [0.1, 0.15) is 0 Å². The van der Waals surface area contributed by atoms with Crippen molar-refractivity contribution in [2.75, 3.05) is 24.5 Å². The summed E-state index contributed by atoms with van der Waals surface area (Å²) < 4.78 is 37.6. The molecular formula is C11H13F3N4OS. The molecule has 0 saturated carbocycles. The first-order valence-corrected chi connectivity index (χ1v) is 7.17. The zero-order chi connectivity index (χ0) is 14.4. The largest absolute Gasteiger partial charge is 0.445 e. The maximum Gasteiger partial charge on any atom is 0.445 e. The van der Waals surface area contributed by atoms with Gasteiger partial charge in [-0.15, -0.1) is 10.2 Å². The molecule has 0 aliphatic carbocycles. The van der Waals surface area contributed by atoms with Crippen LogP contribution in [0.5, 0.6) is 0 Å². The molecule has 9 heteroatoms. The average Bonchev–Trinajstić information content (AvgIpc) is 2.98. The predicted octanol–water partition coefficient (Wildman–Crippen LogP) is 1.66. The molecule has 2 aliphatic heterocycles. The zero-order valence-electron chi connectivity index (χ0n) is 10.5. The Morgan fingerprint density at radius 1 is 1.20 bits per heavy atom. The summed E-state index contributed by atoms with van der Waals surface area (Å²) in [6.45, 7) is 1.96. The number of rotatable bonds is 1. The number of hydrogen-bond donors (Lipinski definition) is 1. The Balaban J connectivity index is 1.82. The van der Waals surface area contributed by atoms with Crippen molar-refractivity contribution < 1.29 is 18.0 Å². The number of anilines is 1. The molecule has 0 radical (unpaired) electrons. The molecule has 0 aromatic carbocycles. The van der Waals surface area contributed by atoms with Gasteiger partial charge in [0.15, 0.2) is 0 Å². The van der Waals surface area contributed by atoms with E-state index in [1.54, 1.807) is 0 Å². The number of nitrogens with zero attached hydrogens (tertiary/aromatic N) is 3. The van der Waals surface area contributed by atoms with Crippen LogP contribution in [0.1, 0.15) is 24.3 Å². The van der Waals surface area contributed by atoms with Gasteiger partial charge in [-0.3, -0.25) is 9.69 Å². The number of amides is 1. The summed E-state index contributed by atoms with van der Waals surface area (Å²) in [7, 11) is 0. The first-order chi connectivity index (χ1) is 9.42. The van der Waals surface area contributed by atoms with Crippen LogP contribution in [0.4, 0.5) is 18.3 Å². The molecule has 2 saturated heterocycles. The van der Waals surface area contributed by atoms with Gasteiger partial charge in [0.2, 0.25) is 16.0 Å². The van der Waals surface area contributed by atoms with E-state index >= 15 is 0 Å². The lowest BCUT2D eigenvalue weighted by Crippen LogP contribution is -2.42. The number of aromatic nitrogens is 2. The van der Waals surface area contributed by atoms with Crippen molar-refractivity contribution in [3.63, 3.8) is 0 Å². The minimum atomic E-state index is -4.51. The van der Waals surface area contributed by atoms with Gasteiger partial charge < -0.3 is 5.32 Å². The molecule has 0 unspecified atom stereocenters. The summed E-state index contributed by atoms with van der Waals surface area (Å²) in [5, 5.41) is 8.90. The quantitative estimate of drug-likeness (QED) is 0.857. The summed E-state index contributed by atoms with van der Waals surface area (Å²) in [6.07, 6.45) is -2.37. The third kappa shape index (κ3) is 2.18. The van der Waals surface area contributed by atoms with E-state index < -0.39 is 16.6 Å². The topological polar surface area (TPSA) is 58.1 Å². The number of piperidine rings is 1. The highest BCUT2D eigenvalue weighted by atomic mass is 32.1. The molecule has 20 heavy (non-hydrogen) atoms. The summed E-state index contributed by atoms with van der Waals surface area (Å²) in [4.78, 5) is 13.9. The molecule has 1 N–H and O–H groups in total. The maximum atomic E-state index is 12.5. The lowest BCUT2D eigenvalue weighted by atomic mass is 9.78. The van der Waals surface area contributed by atoms with Crippen molar-refractivity contribution in [1.29, 1.82) is 0 Å². The van der Waals surface area contributed by atoms with E-state index in [0.717, 1.165) is 25.9 Å². The van der Waals surface area contributed by atoms with Crippen LogP contribution in [-0.4, -0.2) is 35.7 Å². The van der Waals surface area contributed by atoms with E-state index in [4.69, 9.17) is 0 Å². The minimum absolute atomic E-state index is 0.0535. The van der Waals surface area contributed by atoms with Gasteiger partial charge in [-0.2, -0.15) is 13.2 Å². The average molecular weight is 306 g/mol. The standard InChI is InChI=1S/C11H13F3N4OS/c12-11(13,14)7-16-17-9(20-7)18-6-3-10(8(18)19)1-4-15-5-2-10/h15H,1-6H2. The highest BCUT2D eigenvalue weighted by molar-refractivity contribution is 7.15. The van der Waals surface area contributed by atoms with Crippen molar-refractivity contribution in [3.05, 3.63) is 5.01 Å². The van der Waals surface area contributed by atoms with Crippen molar-refractivity contribution >= 4 is 22.4 Å². The van der Waals surface area contributed by atoms with Gasteiger partial charge in [0.05, 0.1) is 5.41 Å². The molecule has 0 bridgehead atoms. The summed E-state index contributed by atoms with van der Waals surface area (Å²) in [5.74, 6) is -0.108. The third-order valence-corrected chi connectivity index (χ3v) is 4.95. The molecule has 1 aromatic heterocycles. The first-order valence-electron chi connectivity index (χ1n) is 6.36. The first kappa shape index (κ1) is 13.7. The van der Waals surface area contributed by atoms with Crippen LogP contribution in [-0.2, 0) is 11.0 Å². The Hall–Kier alpha value is -1.22. The Kier molecular flexibility index (Phi) is 3.20.